The van der Waals surface area contributed by atoms with Gasteiger partial charge in [0.05, 0.1) is 18.9 Å². The van der Waals surface area contributed by atoms with Gasteiger partial charge in [0.2, 0.25) is 0 Å². The van der Waals surface area contributed by atoms with Gasteiger partial charge in [0.1, 0.15) is 4.99 Å². The van der Waals surface area contributed by atoms with Crippen molar-refractivity contribution in [3.05, 3.63) is 29.3 Å². The summed E-state index contributed by atoms with van der Waals surface area (Å²) in [7, 11) is 0. The van der Waals surface area contributed by atoms with Crippen molar-refractivity contribution >= 4 is 22.9 Å². The van der Waals surface area contributed by atoms with Crippen LogP contribution in [0.2, 0.25) is 0 Å². The van der Waals surface area contributed by atoms with E-state index in [4.69, 9.17) is 22.7 Å². The standard InChI is InChI=1S/C12H16N2OS/c1-9-3-2-4-10(12(13)16)11(9)14-5-7-15-8-6-14/h2-4H,5-8H2,1H3,(H2,13,16). The van der Waals surface area contributed by atoms with Gasteiger partial charge in [0.25, 0.3) is 0 Å². The largest absolute Gasteiger partial charge is 0.389 e. The maximum Gasteiger partial charge on any atom is 0.106 e. The van der Waals surface area contributed by atoms with Crippen molar-refractivity contribution < 1.29 is 4.74 Å². The van der Waals surface area contributed by atoms with Gasteiger partial charge in [-0.25, -0.2) is 0 Å². The molecule has 0 bridgehead atoms. The molecule has 1 aromatic carbocycles. The SMILES string of the molecule is Cc1cccc(C(N)=S)c1N1CCOCC1. The summed E-state index contributed by atoms with van der Waals surface area (Å²) in [4.78, 5) is 2.76. The van der Waals surface area contributed by atoms with Crippen LogP contribution in [0.4, 0.5) is 5.69 Å². The van der Waals surface area contributed by atoms with Crippen LogP contribution in [0.3, 0.4) is 0 Å². The highest BCUT2D eigenvalue weighted by Gasteiger charge is 2.17. The number of anilines is 1. The Hall–Kier alpha value is -1.13. The molecule has 86 valence electrons. The number of nitrogens with two attached hydrogens (primary N) is 1. The quantitative estimate of drug-likeness (QED) is 0.789. The molecule has 2 N–H and O–H groups in total. The van der Waals surface area contributed by atoms with Crippen LogP contribution in [0.5, 0.6) is 0 Å². The molecule has 2 rings (SSSR count). The summed E-state index contributed by atoms with van der Waals surface area (Å²) in [6.07, 6.45) is 0. The van der Waals surface area contributed by atoms with E-state index in [0.29, 0.717) is 4.99 Å². The van der Waals surface area contributed by atoms with Crippen molar-refractivity contribution in [2.24, 2.45) is 5.73 Å². The van der Waals surface area contributed by atoms with E-state index in [1.165, 1.54) is 11.3 Å². The van der Waals surface area contributed by atoms with Crippen molar-refractivity contribution in [2.75, 3.05) is 31.2 Å². The zero-order chi connectivity index (χ0) is 11.5. The van der Waals surface area contributed by atoms with Crippen molar-refractivity contribution in [3.8, 4) is 0 Å². The molecule has 0 amide bonds. The number of hydrogen-bond acceptors (Lipinski definition) is 3. The molecular weight excluding hydrogens is 220 g/mol. The summed E-state index contributed by atoms with van der Waals surface area (Å²) in [5.74, 6) is 0. The molecule has 0 atom stereocenters. The first-order chi connectivity index (χ1) is 7.70. The Labute approximate surface area is 101 Å². The Bertz CT molecular complexity index is 400. The Morgan fingerprint density at radius 1 is 1.38 bits per heavy atom. The minimum absolute atomic E-state index is 0.463. The lowest BCUT2D eigenvalue weighted by molar-refractivity contribution is 0.122. The molecule has 0 spiro atoms. The van der Waals surface area contributed by atoms with Crippen LogP contribution in [0, 0.1) is 6.92 Å². The second-order valence-corrected chi connectivity index (χ2v) is 4.37. The number of rotatable bonds is 2. The van der Waals surface area contributed by atoms with Gasteiger partial charge in [-0.2, -0.15) is 0 Å². The Balaban J connectivity index is 2.40. The van der Waals surface area contributed by atoms with Gasteiger partial charge >= 0.3 is 0 Å². The molecule has 1 heterocycles. The smallest absolute Gasteiger partial charge is 0.106 e. The summed E-state index contributed by atoms with van der Waals surface area (Å²) in [5, 5.41) is 0. The molecule has 3 nitrogen and oxygen atoms in total. The number of aryl methyl sites for hydroxylation is 1. The average molecular weight is 236 g/mol. The van der Waals surface area contributed by atoms with Crippen molar-refractivity contribution in [1.29, 1.82) is 0 Å². The molecule has 0 saturated carbocycles. The molecule has 4 heteroatoms. The first-order valence-electron chi connectivity index (χ1n) is 5.42. The van der Waals surface area contributed by atoms with E-state index in [9.17, 15) is 0 Å². The van der Waals surface area contributed by atoms with E-state index in [1.54, 1.807) is 0 Å². The van der Waals surface area contributed by atoms with Crippen molar-refractivity contribution in [3.63, 3.8) is 0 Å². The summed E-state index contributed by atoms with van der Waals surface area (Å²) in [5.41, 5.74) is 9.11. The fourth-order valence-electron chi connectivity index (χ4n) is 2.06. The van der Waals surface area contributed by atoms with Crippen LogP contribution in [0.15, 0.2) is 18.2 Å². The number of nitrogens with zero attached hydrogens (tertiary/aromatic N) is 1. The summed E-state index contributed by atoms with van der Waals surface area (Å²) >= 11 is 5.10. The van der Waals surface area contributed by atoms with E-state index in [-0.39, 0.29) is 0 Å². The molecule has 1 aliphatic heterocycles. The zero-order valence-corrected chi connectivity index (χ0v) is 10.2. The van der Waals surface area contributed by atoms with Gasteiger partial charge in [-0.3, -0.25) is 0 Å². The number of ether oxygens (including phenoxy) is 1. The number of thiocarbonyl (C=S) groups is 1. The van der Waals surface area contributed by atoms with E-state index in [2.05, 4.69) is 17.9 Å². The van der Waals surface area contributed by atoms with Crippen LogP contribution in [-0.4, -0.2) is 31.3 Å². The van der Waals surface area contributed by atoms with Crippen LogP contribution in [0.25, 0.3) is 0 Å². The second-order valence-electron chi connectivity index (χ2n) is 3.93. The van der Waals surface area contributed by atoms with E-state index in [1.807, 2.05) is 12.1 Å². The summed E-state index contributed by atoms with van der Waals surface area (Å²) in [6.45, 7) is 5.43. The average Bonchev–Trinajstić information content (AvgIpc) is 2.29. The summed E-state index contributed by atoms with van der Waals surface area (Å²) < 4.78 is 5.36. The fourth-order valence-corrected chi connectivity index (χ4v) is 2.23. The molecule has 1 saturated heterocycles. The predicted molar refractivity (Wildman–Crippen MR) is 70.1 cm³/mol. The third-order valence-corrected chi connectivity index (χ3v) is 3.05. The normalized spacial score (nSPS) is 16.2. The first kappa shape index (κ1) is 11.4. The highest BCUT2D eigenvalue weighted by molar-refractivity contribution is 7.80. The maximum absolute atomic E-state index is 5.76. The van der Waals surface area contributed by atoms with Gasteiger partial charge in [0, 0.05) is 18.7 Å². The Morgan fingerprint density at radius 3 is 2.69 bits per heavy atom. The fraction of sp³-hybridized carbons (Fsp3) is 0.417. The van der Waals surface area contributed by atoms with Crippen molar-refractivity contribution in [1.82, 2.24) is 0 Å². The van der Waals surface area contributed by atoms with E-state index < -0.39 is 0 Å². The van der Waals surface area contributed by atoms with Gasteiger partial charge in [-0.1, -0.05) is 24.4 Å². The Morgan fingerprint density at radius 2 is 2.06 bits per heavy atom. The highest BCUT2D eigenvalue weighted by atomic mass is 32.1. The lowest BCUT2D eigenvalue weighted by Gasteiger charge is -2.31. The lowest BCUT2D eigenvalue weighted by atomic mass is 10.1. The van der Waals surface area contributed by atoms with E-state index in [0.717, 1.165) is 31.9 Å². The second kappa shape index (κ2) is 4.80. The van der Waals surface area contributed by atoms with Crippen LogP contribution < -0.4 is 10.6 Å². The maximum atomic E-state index is 5.76. The zero-order valence-electron chi connectivity index (χ0n) is 9.40. The number of hydrogen-bond donors (Lipinski definition) is 1. The van der Waals surface area contributed by atoms with E-state index >= 15 is 0 Å². The molecule has 1 fully saturated rings. The first-order valence-corrected chi connectivity index (χ1v) is 5.83. The minimum atomic E-state index is 0.463. The highest BCUT2D eigenvalue weighted by Crippen LogP contribution is 2.25. The van der Waals surface area contributed by atoms with Crippen LogP contribution >= 0.6 is 12.2 Å². The van der Waals surface area contributed by atoms with Gasteiger partial charge < -0.3 is 15.4 Å². The third-order valence-electron chi connectivity index (χ3n) is 2.83. The molecule has 0 aromatic heterocycles. The minimum Gasteiger partial charge on any atom is -0.389 e. The summed E-state index contributed by atoms with van der Waals surface area (Å²) in [6, 6.07) is 6.07. The van der Waals surface area contributed by atoms with Gasteiger partial charge in [-0.05, 0) is 18.6 Å². The topological polar surface area (TPSA) is 38.5 Å². The Kier molecular flexibility index (Phi) is 3.41. The number of para-hydroxylation sites is 1. The number of morpholine rings is 1. The molecule has 0 aliphatic carbocycles. The molecule has 1 aliphatic rings. The lowest BCUT2D eigenvalue weighted by Crippen LogP contribution is -2.37. The van der Waals surface area contributed by atoms with Gasteiger partial charge in [0.15, 0.2) is 0 Å². The van der Waals surface area contributed by atoms with Crippen LogP contribution in [0.1, 0.15) is 11.1 Å². The van der Waals surface area contributed by atoms with Gasteiger partial charge in [-0.15, -0.1) is 0 Å². The predicted octanol–water partition coefficient (Wildman–Crippen LogP) is 1.47. The molecule has 0 radical (unpaired) electrons. The molecular formula is C12H16N2OS. The monoisotopic (exact) mass is 236 g/mol. The number of benzene rings is 1. The molecule has 1 aromatic rings. The molecule has 16 heavy (non-hydrogen) atoms. The van der Waals surface area contributed by atoms with Crippen molar-refractivity contribution in [2.45, 2.75) is 6.92 Å². The third kappa shape index (κ3) is 2.18. The molecule has 0 unspecified atom stereocenters. The van der Waals surface area contributed by atoms with Crippen LogP contribution in [-0.2, 0) is 4.74 Å².